The highest BCUT2D eigenvalue weighted by Gasteiger charge is 2.30. The molecule has 25 heavy (non-hydrogen) atoms. The zero-order valence-corrected chi connectivity index (χ0v) is 14.4. The number of hydrogen-bond acceptors (Lipinski definition) is 2. The number of aryl methyl sites for hydroxylation is 1. The molecule has 0 spiro atoms. The lowest BCUT2D eigenvalue weighted by Crippen LogP contribution is -2.45. The molecule has 1 N–H and O–H groups in total. The molecule has 1 aliphatic heterocycles. The van der Waals surface area contributed by atoms with Crippen molar-refractivity contribution in [2.75, 3.05) is 6.54 Å². The van der Waals surface area contributed by atoms with Crippen molar-refractivity contribution >= 4 is 6.03 Å². The molecule has 1 aromatic heterocycles. The molecule has 2 amide bonds. The number of urea groups is 1. The summed E-state index contributed by atoms with van der Waals surface area (Å²) in [7, 11) is 1.85. The van der Waals surface area contributed by atoms with Crippen LogP contribution in [0.1, 0.15) is 49.5 Å². The summed E-state index contributed by atoms with van der Waals surface area (Å²) in [5.41, 5.74) is 1.11. The van der Waals surface area contributed by atoms with E-state index in [1.165, 1.54) is 12.1 Å². The number of nitrogens with one attached hydrogen (secondary N) is 1. The van der Waals surface area contributed by atoms with E-state index in [4.69, 9.17) is 0 Å². The average Bonchev–Trinajstić information content (AvgIpc) is 3.03. The summed E-state index contributed by atoms with van der Waals surface area (Å²) < 4.78 is 29.1. The topological polar surface area (TPSA) is 50.2 Å². The van der Waals surface area contributed by atoms with Gasteiger partial charge in [-0.05, 0) is 38.3 Å². The number of hydrogen-bond donors (Lipinski definition) is 1. The molecular weight excluding hydrogens is 326 g/mol. The van der Waals surface area contributed by atoms with Crippen LogP contribution in [0.5, 0.6) is 0 Å². The van der Waals surface area contributed by atoms with Crippen LogP contribution in [0.4, 0.5) is 13.6 Å². The molecule has 1 saturated heterocycles. The van der Waals surface area contributed by atoms with Gasteiger partial charge < -0.3 is 10.2 Å². The van der Waals surface area contributed by atoms with Crippen LogP contribution in [-0.2, 0) is 7.05 Å². The number of amides is 2. The first kappa shape index (κ1) is 17.4. The zero-order chi connectivity index (χ0) is 18.0. The van der Waals surface area contributed by atoms with Gasteiger partial charge in [0.05, 0.1) is 17.8 Å². The Morgan fingerprint density at radius 3 is 2.84 bits per heavy atom. The summed E-state index contributed by atoms with van der Waals surface area (Å²) in [4.78, 5) is 14.5. The van der Waals surface area contributed by atoms with Crippen molar-refractivity contribution in [3.8, 4) is 0 Å². The van der Waals surface area contributed by atoms with Crippen LogP contribution in [0.2, 0.25) is 0 Å². The lowest BCUT2D eigenvalue weighted by atomic mass is 9.99. The number of piperidine rings is 1. The van der Waals surface area contributed by atoms with Crippen LogP contribution in [0.15, 0.2) is 30.5 Å². The van der Waals surface area contributed by atoms with Crippen molar-refractivity contribution in [3.05, 3.63) is 53.4 Å². The summed E-state index contributed by atoms with van der Waals surface area (Å²) in [6.45, 7) is 2.28. The summed E-state index contributed by atoms with van der Waals surface area (Å²) in [6.07, 6.45) is 4.53. The van der Waals surface area contributed by atoms with Crippen LogP contribution in [0, 0.1) is 11.6 Å². The maximum Gasteiger partial charge on any atom is 0.318 e. The van der Waals surface area contributed by atoms with E-state index in [0.29, 0.717) is 6.54 Å². The number of rotatable bonds is 3. The quantitative estimate of drug-likeness (QED) is 0.920. The predicted molar refractivity (Wildman–Crippen MR) is 89.8 cm³/mol. The van der Waals surface area contributed by atoms with Gasteiger partial charge in [-0.1, -0.05) is 12.1 Å². The van der Waals surface area contributed by atoms with Gasteiger partial charge in [-0.2, -0.15) is 5.10 Å². The second kappa shape index (κ2) is 7.21. The maximum absolute atomic E-state index is 13.9. The molecule has 2 aromatic rings. The Morgan fingerprint density at radius 1 is 1.32 bits per heavy atom. The van der Waals surface area contributed by atoms with Crippen molar-refractivity contribution < 1.29 is 13.6 Å². The van der Waals surface area contributed by atoms with Gasteiger partial charge in [-0.15, -0.1) is 0 Å². The van der Waals surface area contributed by atoms with Gasteiger partial charge >= 0.3 is 6.03 Å². The smallest absolute Gasteiger partial charge is 0.318 e. The van der Waals surface area contributed by atoms with Crippen LogP contribution >= 0.6 is 0 Å². The first-order valence-electron chi connectivity index (χ1n) is 8.48. The van der Waals surface area contributed by atoms with Crippen molar-refractivity contribution in [1.29, 1.82) is 0 Å². The third kappa shape index (κ3) is 3.50. The first-order chi connectivity index (χ1) is 12.0. The first-order valence-corrected chi connectivity index (χ1v) is 8.48. The Bertz CT molecular complexity index is 761. The Balaban J connectivity index is 1.77. The standard InChI is InChI=1S/C18H22F2N4O/c1-12(13-6-5-7-14(19)17(13)20)22-18(25)24-11-4-3-8-16(24)15-9-10-21-23(15)2/h5-7,9-10,12,16H,3-4,8,11H2,1-2H3,(H,22,25)/t12-,16+/m0/s1. The fraction of sp³-hybridized carbons (Fsp3) is 0.444. The third-order valence-electron chi connectivity index (χ3n) is 4.75. The van der Waals surface area contributed by atoms with Crippen LogP contribution < -0.4 is 5.32 Å². The fourth-order valence-electron chi connectivity index (χ4n) is 3.39. The van der Waals surface area contributed by atoms with Gasteiger partial charge in [0, 0.05) is 25.4 Å². The van der Waals surface area contributed by atoms with E-state index in [2.05, 4.69) is 10.4 Å². The van der Waals surface area contributed by atoms with Crippen LogP contribution in [0.3, 0.4) is 0 Å². The Kier molecular flexibility index (Phi) is 5.01. The summed E-state index contributed by atoms with van der Waals surface area (Å²) in [5, 5.41) is 6.98. The van der Waals surface area contributed by atoms with E-state index in [0.717, 1.165) is 31.0 Å². The highest BCUT2D eigenvalue weighted by molar-refractivity contribution is 5.75. The molecule has 2 heterocycles. The van der Waals surface area contributed by atoms with Gasteiger partial charge in [0.15, 0.2) is 11.6 Å². The predicted octanol–water partition coefficient (Wildman–Crippen LogP) is 3.70. The monoisotopic (exact) mass is 348 g/mol. The number of carbonyl (C=O) groups excluding carboxylic acids is 1. The van der Waals surface area contributed by atoms with Gasteiger partial charge in [-0.3, -0.25) is 4.68 Å². The molecule has 0 radical (unpaired) electrons. The Morgan fingerprint density at radius 2 is 2.12 bits per heavy atom. The van der Waals surface area contributed by atoms with E-state index < -0.39 is 17.7 Å². The lowest BCUT2D eigenvalue weighted by Gasteiger charge is -2.36. The van der Waals surface area contributed by atoms with Crippen molar-refractivity contribution in [3.63, 3.8) is 0 Å². The zero-order valence-electron chi connectivity index (χ0n) is 14.4. The Labute approximate surface area is 145 Å². The van der Waals surface area contributed by atoms with Crippen molar-refractivity contribution in [2.45, 2.75) is 38.3 Å². The molecule has 0 aliphatic carbocycles. The number of benzene rings is 1. The van der Waals surface area contributed by atoms with Gasteiger partial charge in [-0.25, -0.2) is 13.6 Å². The number of aromatic nitrogens is 2. The summed E-state index contributed by atoms with van der Waals surface area (Å²) >= 11 is 0. The lowest BCUT2D eigenvalue weighted by molar-refractivity contribution is 0.145. The maximum atomic E-state index is 13.9. The third-order valence-corrected chi connectivity index (χ3v) is 4.75. The second-order valence-corrected chi connectivity index (χ2v) is 6.40. The van der Waals surface area contributed by atoms with Crippen LogP contribution in [0.25, 0.3) is 0 Å². The molecule has 1 aliphatic rings. The summed E-state index contributed by atoms with van der Waals surface area (Å²) in [6, 6.07) is 4.93. The van der Waals surface area contributed by atoms with Gasteiger partial charge in [0.2, 0.25) is 0 Å². The molecular formula is C18H22F2N4O. The number of carbonyl (C=O) groups is 1. The minimum Gasteiger partial charge on any atom is -0.331 e. The number of nitrogens with zero attached hydrogens (tertiary/aromatic N) is 3. The molecule has 0 bridgehead atoms. The molecule has 1 aromatic carbocycles. The SMILES string of the molecule is C[C@H](NC(=O)N1CCCC[C@@H]1c1ccnn1C)c1cccc(F)c1F. The molecule has 5 nitrogen and oxygen atoms in total. The van der Waals surface area contributed by atoms with Gasteiger partial charge in [0.1, 0.15) is 0 Å². The Hall–Kier alpha value is -2.44. The molecule has 2 atom stereocenters. The summed E-state index contributed by atoms with van der Waals surface area (Å²) in [5.74, 6) is -1.83. The van der Waals surface area contributed by atoms with E-state index in [1.807, 2.05) is 13.1 Å². The highest BCUT2D eigenvalue weighted by Crippen LogP contribution is 2.31. The van der Waals surface area contributed by atoms with E-state index in [1.54, 1.807) is 22.7 Å². The van der Waals surface area contributed by atoms with E-state index in [9.17, 15) is 13.6 Å². The second-order valence-electron chi connectivity index (χ2n) is 6.40. The molecule has 1 fully saturated rings. The highest BCUT2D eigenvalue weighted by atomic mass is 19.2. The minimum absolute atomic E-state index is 0.0641. The fourth-order valence-corrected chi connectivity index (χ4v) is 3.39. The number of likely N-dealkylation sites (tertiary alicyclic amines) is 1. The van der Waals surface area contributed by atoms with E-state index >= 15 is 0 Å². The molecule has 0 unspecified atom stereocenters. The van der Waals surface area contributed by atoms with Gasteiger partial charge in [0.25, 0.3) is 0 Å². The number of halogens is 2. The van der Waals surface area contributed by atoms with Crippen LogP contribution in [-0.4, -0.2) is 27.3 Å². The average molecular weight is 348 g/mol. The van der Waals surface area contributed by atoms with Crippen molar-refractivity contribution in [2.24, 2.45) is 7.05 Å². The normalized spacial score (nSPS) is 18.9. The molecule has 3 rings (SSSR count). The van der Waals surface area contributed by atoms with E-state index in [-0.39, 0.29) is 17.6 Å². The minimum atomic E-state index is -0.919. The molecule has 7 heteroatoms. The largest absolute Gasteiger partial charge is 0.331 e. The molecule has 134 valence electrons. The van der Waals surface area contributed by atoms with Crippen molar-refractivity contribution in [1.82, 2.24) is 20.0 Å². The molecule has 0 saturated carbocycles.